The normalized spacial score (nSPS) is 21.8. The van der Waals surface area contributed by atoms with Crippen molar-refractivity contribution in [3.8, 4) is 5.75 Å². The van der Waals surface area contributed by atoms with Crippen molar-refractivity contribution in [2.45, 2.75) is 0 Å². The molecule has 2 aromatic rings. The maximum Gasteiger partial charge on any atom is 0.272 e. The number of ether oxygens (including phenoxy) is 1. The van der Waals surface area contributed by atoms with Crippen LogP contribution in [-0.2, 0) is 0 Å². The molecule has 5 nitrogen and oxygen atoms in total. The third-order valence-electron chi connectivity index (χ3n) is 4.79. The van der Waals surface area contributed by atoms with E-state index in [2.05, 4.69) is 10.3 Å². The number of aromatic nitrogens is 1. The lowest BCUT2D eigenvalue weighted by Crippen LogP contribution is -2.32. The van der Waals surface area contributed by atoms with Gasteiger partial charge in [0, 0.05) is 31.6 Å². The van der Waals surface area contributed by atoms with E-state index in [9.17, 15) is 4.79 Å². The summed E-state index contributed by atoms with van der Waals surface area (Å²) in [6, 6.07) is 9.46. The van der Waals surface area contributed by atoms with E-state index in [4.69, 9.17) is 4.74 Å². The largest absolute Gasteiger partial charge is 0.497 e. The zero-order chi connectivity index (χ0) is 15.1. The van der Waals surface area contributed by atoms with E-state index >= 15 is 0 Å². The van der Waals surface area contributed by atoms with Crippen LogP contribution in [0.3, 0.4) is 0 Å². The summed E-state index contributed by atoms with van der Waals surface area (Å²) in [5, 5.41) is 4.38. The number of benzene rings is 1. The molecule has 1 amide bonds. The highest BCUT2D eigenvalue weighted by molar-refractivity contribution is 5.95. The predicted octanol–water partition coefficient (Wildman–Crippen LogP) is 2.38. The minimum absolute atomic E-state index is 0. The highest BCUT2D eigenvalue weighted by Gasteiger charge is 2.38. The molecule has 1 aromatic carbocycles. The Morgan fingerprint density at radius 1 is 1.17 bits per heavy atom. The van der Waals surface area contributed by atoms with E-state index in [0.29, 0.717) is 17.5 Å². The molecule has 24 heavy (non-hydrogen) atoms. The van der Waals surface area contributed by atoms with Gasteiger partial charge in [0.25, 0.3) is 5.91 Å². The summed E-state index contributed by atoms with van der Waals surface area (Å²) < 4.78 is 5.21. The van der Waals surface area contributed by atoms with E-state index in [1.807, 2.05) is 35.2 Å². The molecule has 1 N–H and O–H groups in total. The summed E-state index contributed by atoms with van der Waals surface area (Å²) in [4.78, 5) is 19.1. The molecule has 0 bridgehead atoms. The average Bonchev–Trinajstić information content (AvgIpc) is 3.14. The van der Waals surface area contributed by atoms with Gasteiger partial charge < -0.3 is 15.0 Å². The first kappa shape index (κ1) is 18.8. The van der Waals surface area contributed by atoms with Crippen LogP contribution in [0.15, 0.2) is 30.3 Å². The van der Waals surface area contributed by atoms with Gasteiger partial charge in [0.1, 0.15) is 11.4 Å². The van der Waals surface area contributed by atoms with Crippen LogP contribution < -0.4 is 10.1 Å². The standard InChI is InChI=1S/C17H19N3O2.2ClH/c1-22-14-3-5-15-11(6-14)2-4-16(19-15)17(21)20-9-12-7-18-8-13(12)10-20;;/h2-6,12-13,18H,7-10H2,1H3;2*1H/t12-,13+;;. The number of amides is 1. The summed E-state index contributed by atoms with van der Waals surface area (Å²) in [6.07, 6.45) is 0. The molecule has 7 heteroatoms. The fourth-order valence-electron chi connectivity index (χ4n) is 3.53. The molecule has 1 aromatic heterocycles. The summed E-state index contributed by atoms with van der Waals surface area (Å²) in [6.45, 7) is 3.75. The van der Waals surface area contributed by atoms with Gasteiger partial charge in [-0.05, 0) is 36.1 Å². The number of methoxy groups -OCH3 is 1. The second kappa shape index (κ2) is 7.55. The lowest BCUT2D eigenvalue weighted by Gasteiger charge is -2.17. The quantitative estimate of drug-likeness (QED) is 0.882. The Kier molecular flexibility index (Phi) is 5.91. The SMILES string of the molecule is COc1ccc2nc(C(=O)N3C[C@H]4CNC[C@H]4C3)ccc2c1.Cl.Cl. The van der Waals surface area contributed by atoms with Crippen LogP contribution in [0, 0.1) is 11.8 Å². The van der Waals surface area contributed by atoms with Gasteiger partial charge in [0.2, 0.25) is 0 Å². The van der Waals surface area contributed by atoms with Crippen LogP contribution in [0.4, 0.5) is 0 Å². The van der Waals surface area contributed by atoms with E-state index in [-0.39, 0.29) is 30.7 Å². The highest BCUT2D eigenvalue weighted by Crippen LogP contribution is 2.27. The molecule has 0 aliphatic carbocycles. The van der Waals surface area contributed by atoms with Crippen LogP contribution in [0.1, 0.15) is 10.5 Å². The van der Waals surface area contributed by atoms with Crippen LogP contribution in [0.5, 0.6) is 5.75 Å². The molecular weight excluding hydrogens is 349 g/mol. The van der Waals surface area contributed by atoms with Gasteiger partial charge in [0.15, 0.2) is 0 Å². The third-order valence-corrected chi connectivity index (χ3v) is 4.79. The van der Waals surface area contributed by atoms with Crippen LogP contribution >= 0.6 is 24.8 Å². The molecular formula is C17H21Cl2N3O2. The molecule has 2 atom stereocenters. The zero-order valence-corrected chi connectivity index (χ0v) is 15.0. The summed E-state index contributed by atoms with van der Waals surface area (Å²) >= 11 is 0. The number of rotatable bonds is 2. The molecule has 2 saturated heterocycles. The number of fused-ring (bicyclic) bond motifs is 2. The minimum Gasteiger partial charge on any atom is -0.497 e. The van der Waals surface area contributed by atoms with Crippen molar-refractivity contribution in [3.05, 3.63) is 36.0 Å². The number of hydrogen-bond donors (Lipinski definition) is 1. The predicted molar refractivity (Wildman–Crippen MR) is 98.5 cm³/mol. The van der Waals surface area contributed by atoms with Gasteiger partial charge in [0.05, 0.1) is 12.6 Å². The van der Waals surface area contributed by atoms with Crippen molar-refractivity contribution >= 4 is 41.6 Å². The molecule has 2 aliphatic rings. The fourth-order valence-corrected chi connectivity index (χ4v) is 3.53. The summed E-state index contributed by atoms with van der Waals surface area (Å²) in [5.41, 5.74) is 1.36. The van der Waals surface area contributed by atoms with E-state index in [1.54, 1.807) is 7.11 Å². The summed E-state index contributed by atoms with van der Waals surface area (Å²) in [5.74, 6) is 2.06. The molecule has 0 spiro atoms. The number of nitrogens with one attached hydrogen (secondary N) is 1. The van der Waals surface area contributed by atoms with Gasteiger partial charge in [-0.2, -0.15) is 0 Å². The topological polar surface area (TPSA) is 54.5 Å². The third kappa shape index (κ3) is 3.29. The molecule has 4 rings (SSSR count). The van der Waals surface area contributed by atoms with Gasteiger partial charge in [-0.3, -0.25) is 4.79 Å². The lowest BCUT2D eigenvalue weighted by atomic mass is 10.0. The maximum absolute atomic E-state index is 12.7. The first-order chi connectivity index (χ1) is 10.7. The Morgan fingerprint density at radius 3 is 2.54 bits per heavy atom. The van der Waals surface area contributed by atoms with Crippen molar-refractivity contribution in [2.75, 3.05) is 33.3 Å². The average molecular weight is 370 g/mol. The number of pyridine rings is 1. The zero-order valence-electron chi connectivity index (χ0n) is 13.4. The number of likely N-dealkylation sites (tertiary alicyclic amines) is 1. The minimum atomic E-state index is 0. The van der Waals surface area contributed by atoms with Crippen LogP contribution in [-0.4, -0.2) is 49.1 Å². The van der Waals surface area contributed by atoms with Crippen molar-refractivity contribution in [3.63, 3.8) is 0 Å². The summed E-state index contributed by atoms with van der Waals surface area (Å²) in [7, 11) is 1.64. The van der Waals surface area contributed by atoms with E-state index in [1.165, 1.54) is 0 Å². The smallest absolute Gasteiger partial charge is 0.272 e. The van der Waals surface area contributed by atoms with E-state index in [0.717, 1.165) is 42.8 Å². The highest BCUT2D eigenvalue weighted by atomic mass is 35.5. The maximum atomic E-state index is 12.7. The number of carbonyl (C=O) groups is 1. The van der Waals surface area contributed by atoms with Crippen molar-refractivity contribution in [1.82, 2.24) is 15.2 Å². The Hall–Kier alpha value is -1.56. The molecule has 2 aliphatic heterocycles. The van der Waals surface area contributed by atoms with Gasteiger partial charge in [-0.25, -0.2) is 4.98 Å². The van der Waals surface area contributed by atoms with Crippen molar-refractivity contribution in [1.29, 1.82) is 0 Å². The van der Waals surface area contributed by atoms with Crippen molar-refractivity contribution < 1.29 is 9.53 Å². The first-order valence-electron chi connectivity index (χ1n) is 7.69. The van der Waals surface area contributed by atoms with Gasteiger partial charge in [-0.15, -0.1) is 24.8 Å². The molecule has 3 heterocycles. The second-order valence-corrected chi connectivity index (χ2v) is 6.14. The number of nitrogens with zero attached hydrogens (tertiary/aromatic N) is 2. The Labute approximate surface area is 153 Å². The molecule has 0 radical (unpaired) electrons. The van der Waals surface area contributed by atoms with Crippen LogP contribution in [0.25, 0.3) is 10.9 Å². The lowest BCUT2D eigenvalue weighted by molar-refractivity contribution is 0.0776. The number of halogens is 2. The van der Waals surface area contributed by atoms with E-state index < -0.39 is 0 Å². The fraction of sp³-hybridized carbons (Fsp3) is 0.412. The Bertz CT molecular complexity index is 729. The van der Waals surface area contributed by atoms with Gasteiger partial charge >= 0.3 is 0 Å². The number of carbonyl (C=O) groups excluding carboxylic acids is 1. The molecule has 2 fully saturated rings. The first-order valence-corrected chi connectivity index (χ1v) is 7.69. The molecule has 130 valence electrons. The molecule has 0 saturated carbocycles. The van der Waals surface area contributed by atoms with Crippen molar-refractivity contribution in [2.24, 2.45) is 11.8 Å². The Balaban J connectivity index is 0.00000104. The monoisotopic (exact) mass is 369 g/mol. The Morgan fingerprint density at radius 2 is 1.88 bits per heavy atom. The number of hydrogen-bond acceptors (Lipinski definition) is 4. The van der Waals surface area contributed by atoms with Gasteiger partial charge in [-0.1, -0.05) is 6.07 Å². The second-order valence-electron chi connectivity index (χ2n) is 6.14. The van der Waals surface area contributed by atoms with Crippen LogP contribution in [0.2, 0.25) is 0 Å². The molecule has 0 unspecified atom stereocenters.